The van der Waals surface area contributed by atoms with E-state index >= 15 is 0 Å². The first-order valence-electron chi connectivity index (χ1n) is 12.1. The molecule has 5 aromatic carbocycles. The van der Waals surface area contributed by atoms with Crippen molar-refractivity contribution in [3.63, 3.8) is 0 Å². The standard InChI is InChI=1S/C33H17N5/c34-18-21-7-5-10-24(15-21)37-29-13-3-1-11-25(29)27-17-32-28(16-31(27)37)26-12-2-4-14-30(26)38(32)33-22(19-35)8-6-9-23(33)20-36/h1-17H. The Kier molecular flexibility index (Phi) is 4.57. The van der Waals surface area contributed by atoms with Gasteiger partial charge in [0.25, 0.3) is 0 Å². The highest BCUT2D eigenvalue weighted by molar-refractivity contribution is 6.19. The van der Waals surface area contributed by atoms with Crippen molar-refractivity contribution in [2.45, 2.75) is 0 Å². The van der Waals surface area contributed by atoms with Crippen LogP contribution in [0.25, 0.3) is 55.0 Å². The van der Waals surface area contributed by atoms with Crippen LogP contribution in [0.3, 0.4) is 0 Å². The Hall–Kier alpha value is -5.83. The number of hydrogen-bond donors (Lipinski definition) is 0. The molecule has 0 spiro atoms. The quantitative estimate of drug-likeness (QED) is 0.255. The van der Waals surface area contributed by atoms with Gasteiger partial charge in [-0.25, -0.2) is 0 Å². The number of rotatable bonds is 2. The average Bonchev–Trinajstić information content (AvgIpc) is 3.47. The molecule has 5 heteroatoms. The third-order valence-corrected chi connectivity index (χ3v) is 7.20. The summed E-state index contributed by atoms with van der Waals surface area (Å²) in [6.07, 6.45) is 0. The van der Waals surface area contributed by atoms with Crippen LogP contribution in [0.4, 0.5) is 0 Å². The van der Waals surface area contributed by atoms with Gasteiger partial charge in [0.1, 0.15) is 12.1 Å². The molecule has 2 heterocycles. The van der Waals surface area contributed by atoms with E-state index in [4.69, 9.17) is 0 Å². The maximum atomic E-state index is 9.97. The van der Waals surface area contributed by atoms with Gasteiger partial charge in [-0.05, 0) is 54.6 Å². The molecule has 0 radical (unpaired) electrons. The van der Waals surface area contributed by atoms with E-state index in [1.807, 2.05) is 59.2 Å². The van der Waals surface area contributed by atoms with Crippen LogP contribution in [-0.4, -0.2) is 9.13 Å². The van der Waals surface area contributed by atoms with Crippen LogP contribution in [0.2, 0.25) is 0 Å². The fourth-order valence-corrected chi connectivity index (χ4v) is 5.63. The summed E-state index contributed by atoms with van der Waals surface area (Å²) in [6.45, 7) is 0. The zero-order valence-electron chi connectivity index (χ0n) is 20.1. The summed E-state index contributed by atoms with van der Waals surface area (Å²) in [4.78, 5) is 0. The second kappa shape index (κ2) is 8.10. The van der Waals surface area contributed by atoms with Crippen LogP contribution in [0, 0.1) is 34.0 Å². The zero-order chi connectivity index (χ0) is 25.8. The van der Waals surface area contributed by atoms with Crippen LogP contribution in [0.1, 0.15) is 16.7 Å². The van der Waals surface area contributed by atoms with Gasteiger partial charge < -0.3 is 9.13 Å². The summed E-state index contributed by atoms with van der Waals surface area (Å²) in [6, 6.07) is 40.4. The van der Waals surface area contributed by atoms with Gasteiger partial charge in [-0.2, -0.15) is 15.8 Å². The molecular formula is C33H17N5. The van der Waals surface area contributed by atoms with E-state index in [0.29, 0.717) is 22.4 Å². The van der Waals surface area contributed by atoms with Crippen LogP contribution in [0.15, 0.2) is 103 Å². The van der Waals surface area contributed by atoms with Gasteiger partial charge >= 0.3 is 0 Å². The van der Waals surface area contributed by atoms with Crippen molar-refractivity contribution in [1.29, 1.82) is 15.8 Å². The first-order chi connectivity index (χ1) is 18.7. The van der Waals surface area contributed by atoms with Crippen LogP contribution in [-0.2, 0) is 0 Å². The molecule has 5 nitrogen and oxygen atoms in total. The van der Waals surface area contributed by atoms with Crippen LogP contribution in [0.5, 0.6) is 0 Å². The summed E-state index contributed by atoms with van der Waals surface area (Å²) in [5.41, 5.74) is 6.91. The number of nitrogens with zero attached hydrogens (tertiary/aromatic N) is 5. The van der Waals surface area contributed by atoms with Crippen molar-refractivity contribution in [2.24, 2.45) is 0 Å². The minimum absolute atomic E-state index is 0.447. The Balaban J connectivity index is 1.70. The zero-order valence-corrected chi connectivity index (χ0v) is 20.1. The predicted octanol–water partition coefficient (Wildman–Crippen LogP) is 7.50. The normalized spacial score (nSPS) is 11.1. The molecule has 0 bridgehead atoms. The first kappa shape index (κ1) is 21.5. The topological polar surface area (TPSA) is 81.2 Å². The molecule has 0 atom stereocenters. The van der Waals surface area contributed by atoms with Gasteiger partial charge in [0.05, 0.1) is 50.5 Å². The van der Waals surface area contributed by atoms with E-state index < -0.39 is 0 Å². The summed E-state index contributed by atoms with van der Waals surface area (Å²) < 4.78 is 4.24. The van der Waals surface area contributed by atoms with Crippen molar-refractivity contribution >= 4 is 43.6 Å². The smallest absolute Gasteiger partial charge is 0.101 e. The Labute approximate surface area is 217 Å². The number of fused-ring (bicyclic) bond motifs is 6. The molecule has 7 aromatic rings. The van der Waals surface area contributed by atoms with Crippen LogP contribution >= 0.6 is 0 Å². The second-order valence-corrected chi connectivity index (χ2v) is 9.18. The first-order valence-corrected chi connectivity index (χ1v) is 12.1. The van der Waals surface area contributed by atoms with Crippen molar-refractivity contribution < 1.29 is 0 Å². The highest BCUT2D eigenvalue weighted by Gasteiger charge is 2.21. The molecule has 0 aliphatic carbocycles. The van der Waals surface area contributed by atoms with Gasteiger partial charge in [0, 0.05) is 27.2 Å². The van der Waals surface area contributed by atoms with E-state index in [1.165, 1.54) is 0 Å². The maximum Gasteiger partial charge on any atom is 0.101 e. The largest absolute Gasteiger partial charge is 0.309 e. The lowest BCUT2D eigenvalue weighted by Crippen LogP contribution is -2.01. The summed E-state index contributed by atoms with van der Waals surface area (Å²) in [5.74, 6) is 0. The van der Waals surface area contributed by atoms with Crippen molar-refractivity contribution in [3.8, 4) is 29.6 Å². The molecular weight excluding hydrogens is 466 g/mol. The van der Waals surface area contributed by atoms with E-state index in [1.54, 1.807) is 18.2 Å². The molecule has 7 rings (SSSR count). The second-order valence-electron chi connectivity index (χ2n) is 9.18. The predicted molar refractivity (Wildman–Crippen MR) is 149 cm³/mol. The highest BCUT2D eigenvalue weighted by Crippen LogP contribution is 2.40. The number of aromatic nitrogens is 2. The molecule has 0 unspecified atom stereocenters. The molecule has 38 heavy (non-hydrogen) atoms. The van der Waals surface area contributed by atoms with E-state index in [2.05, 4.69) is 53.1 Å². The third-order valence-electron chi connectivity index (χ3n) is 7.20. The van der Waals surface area contributed by atoms with Gasteiger partial charge in [-0.15, -0.1) is 0 Å². The van der Waals surface area contributed by atoms with E-state index in [0.717, 1.165) is 49.3 Å². The summed E-state index contributed by atoms with van der Waals surface area (Å²) >= 11 is 0. The fraction of sp³-hybridized carbons (Fsp3) is 0. The lowest BCUT2D eigenvalue weighted by Gasteiger charge is -2.12. The minimum atomic E-state index is 0.447. The molecule has 174 valence electrons. The van der Waals surface area contributed by atoms with E-state index in [9.17, 15) is 15.8 Å². The number of benzene rings is 5. The van der Waals surface area contributed by atoms with Gasteiger partial charge in [-0.1, -0.05) is 48.5 Å². The number of nitriles is 3. The molecule has 0 aliphatic heterocycles. The number of para-hydroxylation sites is 3. The van der Waals surface area contributed by atoms with Crippen molar-refractivity contribution in [3.05, 3.63) is 120 Å². The number of hydrogen-bond acceptors (Lipinski definition) is 3. The fourth-order valence-electron chi connectivity index (χ4n) is 5.63. The van der Waals surface area contributed by atoms with Crippen molar-refractivity contribution in [1.82, 2.24) is 9.13 Å². The van der Waals surface area contributed by atoms with Gasteiger partial charge in [0.2, 0.25) is 0 Å². The lowest BCUT2D eigenvalue weighted by molar-refractivity contribution is 1.15. The molecule has 2 aromatic heterocycles. The lowest BCUT2D eigenvalue weighted by atomic mass is 10.1. The summed E-state index contributed by atoms with van der Waals surface area (Å²) in [5, 5.41) is 33.6. The molecule has 0 aliphatic rings. The van der Waals surface area contributed by atoms with Crippen molar-refractivity contribution in [2.75, 3.05) is 0 Å². The Bertz CT molecular complexity index is 2190. The SMILES string of the molecule is N#Cc1cccc(-n2c3ccccc3c3cc4c(cc32)c2ccccc2n4-c2c(C#N)cccc2C#N)c1. The Morgan fingerprint density at radius 1 is 0.447 bits per heavy atom. The van der Waals surface area contributed by atoms with Gasteiger partial charge in [0.15, 0.2) is 0 Å². The molecule has 0 saturated heterocycles. The van der Waals surface area contributed by atoms with Gasteiger partial charge in [-0.3, -0.25) is 0 Å². The maximum absolute atomic E-state index is 9.97. The molecule has 0 saturated carbocycles. The summed E-state index contributed by atoms with van der Waals surface area (Å²) in [7, 11) is 0. The highest BCUT2D eigenvalue weighted by atomic mass is 15.0. The molecule has 0 amide bonds. The third kappa shape index (κ3) is 2.89. The van der Waals surface area contributed by atoms with Crippen LogP contribution < -0.4 is 0 Å². The Morgan fingerprint density at radius 3 is 1.61 bits per heavy atom. The average molecular weight is 484 g/mol. The Morgan fingerprint density at radius 2 is 1.00 bits per heavy atom. The molecule has 0 fully saturated rings. The molecule has 0 N–H and O–H groups in total. The minimum Gasteiger partial charge on any atom is -0.309 e. The monoisotopic (exact) mass is 483 g/mol. The van der Waals surface area contributed by atoms with E-state index in [-0.39, 0.29) is 0 Å².